The first-order valence-electron chi connectivity index (χ1n) is 7.43. The highest BCUT2D eigenvalue weighted by molar-refractivity contribution is 5.96. The highest BCUT2D eigenvalue weighted by atomic mass is 16.6. The van der Waals surface area contributed by atoms with Crippen molar-refractivity contribution < 1.29 is 28.6 Å². The van der Waals surface area contributed by atoms with E-state index in [4.69, 9.17) is 4.74 Å². The van der Waals surface area contributed by atoms with Crippen LogP contribution in [-0.2, 0) is 14.2 Å². The lowest BCUT2D eigenvalue weighted by molar-refractivity contribution is 0.0532. The van der Waals surface area contributed by atoms with Gasteiger partial charge in [0.25, 0.3) is 0 Å². The molecule has 1 rings (SSSR count). The Labute approximate surface area is 146 Å². The molecule has 0 aliphatic heterocycles. The van der Waals surface area contributed by atoms with Gasteiger partial charge < -0.3 is 19.5 Å². The van der Waals surface area contributed by atoms with Crippen molar-refractivity contribution in [2.75, 3.05) is 20.8 Å². The van der Waals surface area contributed by atoms with Gasteiger partial charge in [0.2, 0.25) is 0 Å². The number of alkyl carbamates (subject to hydrolysis) is 1. The molecular weight excluding hydrogens is 326 g/mol. The van der Waals surface area contributed by atoms with Gasteiger partial charge in [0.15, 0.2) is 0 Å². The summed E-state index contributed by atoms with van der Waals surface area (Å²) in [5.41, 5.74) is 0.167. The molecule has 134 valence electrons. The fraction of sp³-hybridized carbons (Fsp3) is 0.389. The molecule has 1 amide bonds. The number of esters is 2. The standard InChI is InChI=1S/C18H21NO6/c1-18(2,3)25-17(22)19-8-6-7-12-9-13(15(20)23-4)11-14(10-12)16(21)24-5/h9-11H,8H2,1-5H3,(H,19,22). The third-order valence-electron chi connectivity index (χ3n) is 2.73. The normalized spacial score (nSPS) is 10.1. The number of rotatable bonds is 3. The number of hydrogen-bond donors (Lipinski definition) is 1. The molecule has 0 atom stereocenters. The van der Waals surface area contributed by atoms with E-state index >= 15 is 0 Å². The molecule has 0 aliphatic carbocycles. The van der Waals surface area contributed by atoms with Crippen molar-refractivity contribution in [1.82, 2.24) is 5.32 Å². The van der Waals surface area contributed by atoms with Gasteiger partial charge in [-0.2, -0.15) is 0 Å². The molecule has 7 nitrogen and oxygen atoms in total. The number of amides is 1. The van der Waals surface area contributed by atoms with Crippen LogP contribution in [-0.4, -0.2) is 44.4 Å². The zero-order valence-corrected chi connectivity index (χ0v) is 14.9. The molecule has 1 aromatic rings. The van der Waals surface area contributed by atoms with Crippen LogP contribution in [0.2, 0.25) is 0 Å². The second kappa shape index (κ2) is 8.73. The minimum Gasteiger partial charge on any atom is -0.465 e. The average Bonchev–Trinajstić information content (AvgIpc) is 2.55. The zero-order chi connectivity index (χ0) is 19.0. The molecule has 0 saturated heterocycles. The Morgan fingerprint density at radius 2 is 1.52 bits per heavy atom. The fourth-order valence-electron chi connectivity index (χ4n) is 1.75. The van der Waals surface area contributed by atoms with E-state index in [0.29, 0.717) is 5.56 Å². The van der Waals surface area contributed by atoms with Crippen LogP contribution in [0, 0.1) is 11.8 Å². The minimum absolute atomic E-state index is 0.0466. The van der Waals surface area contributed by atoms with Crippen LogP contribution in [0.25, 0.3) is 0 Å². The lowest BCUT2D eigenvalue weighted by atomic mass is 10.1. The number of methoxy groups -OCH3 is 2. The number of carbonyl (C=O) groups excluding carboxylic acids is 3. The lowest BCUT2D eigenvalue weighted by Crippen LogP contribution is -2.32. The van der Waals surface area contributed by atoms with Crippen LogP contribution in [0.3, 0.4) is 0 Å². The third-order valence-corrected chi connectivity index (χ3v) is 2.73. The predicted molar refractivity (Wildman–Crippen MR) is 90.2 cm³/mol. The summed E-state index contributed by atoms with van der Waals surface area (Å²) in [4.78, 5) is 34.9. The van der Waals surface area contributed by atoms with E-state index in [1.54, 1.807) is 20.8 Å². The first kappa shape index (κ1) is 20.0. The molecule has 0 unspecified atom stereocenters. The zero-order valence-electron chi connectivity index (χ0n) is 14.9. The monoisotopic (exact) mass is 347 g/mol. The summed E-state index contributed by atoms with van der Waals surface area (Å²) in [5, 5.41) is 2.49. The van der Waals surface area contributed by atoms with Crippen molar-refractivity contribution in [3.8, 4) is 11.8 Å². The van der Waals surface area contributed by atoms with Crippen molar-refractivity contribution in [2.45, 2.75) is 26.4 Å². The summed E-state index contributed by atoms with van der Waals surface area (Å²) in [6.45, 7) is 5.31. The predicted octanol–water partition coefficient (Wildman–Crippen LogP) is 2.14. The SMILES string of the molecule is COC(=O)c1cc(C#CCNC(=O)OC(C)(C)C)cc(C(=O)OC)c1. The summed E-state index contributed by atoms with van der Waals surface area (Å²) in [7, 11) is 2.48. The molecule has 1 aromatic carbocycles. The van der Waals surface area contributed by atoms with E-state index < -0.39 is 23.6 Å². The number of nitrogens with one attached hydrogen (secondary N) is 1. The smallest absolute Gasteiger partial charge is 0.408 e. The van der Waals surface area contributed by atoms with E-state index in [1.807, 2.05) is 0 Å². The molecule has 1 N–H and O–H groups in total. The van der Waals surface area contributed by atoms with Gasteiger partial charge in [-0.3, -0.25) is 0 Å². The Morgan fingerprint density at radius 1 is 1.00 bits per heavy atom. The van der Waals surface area contributed by atoms with Gasteiger partial charge in [0.05, 0.1) is 31.9 Å². The first-order valence-corrected chi connectivity index (χ1v) is 7.43. The molecular formula is C18H21NO6. The Kier molecular flexibility index (Phi) is 7.00. The molecule has 0 fully saturated rings. The summed E-state index contributed by atoms with van der Waals surface area (Å²) >= 11 is 0. The Balaban J connectivity index is 2.89. The average molecular weight is 347 g/mol. The molecule has 0 saturated carbocycles. The maximum atomic E-state index is 11.7. The minimum atomic E-state index is -0.597. The summed E-state index contributed by atoms with van der Waals surface area (Å²) < 4.78 is 14.4. The lowest BCUT2D eigenvalue weighted by Gasteiger charge is -2.19. The highest BCUT2D eigenvalue weighted by Gasteiger charge is 2.15. The van der Waals surface area contributed by atoms with Crippen LogP contribution >= 0.6 is 0 Å². The fourth-order valence-corrected chi connectivity index (χ4v) is 1.75. The van der Waals surface area contributed by atoms with Crippen molar-refractivity contribution in [2.24, 2.45) is 0 Å². The molecule has 0 aliphatic rings. The van der Waals surface area contributed by atoms with Crippen LogP contribution < -0.4 is 5.32 Å². The van der Waals surface area contributed by atoms with Crippen molar-refractivity contribution in [3.05, 3.63) is 34.9 Å². The maximum absolute atomic E-state index is 11.7. The van der Waals surface area contributed by atoms with Crippen molar-refractivity contribution in [3.63, 3.8) is 0 Å². The van der Waals surface area contributed by atoms with Crippen molar-refractivity contribution >= 4 is 18.0 Å². The van der Waals surface area contributed by atoms with Crippen LogP contribution in [0.4, 0.5) is 4.79 Å². The molecule has 0 spiro atoms. The molecule has 0 radical (unpaired) electrons. The van der Waals surface area contributed by atoms with E-state index in [1.165, 1.54) is 32.4 Å². The van der Waals surface area contributed by atoms with Crippen LogP contribution in [0.15, 0.2) is 18.2 Å². The Bertz CT molecular complexity index is 687. The molecule has 7 heteroatoms. The summed E-state index contributed by atoms with van der Waals surface area (Å²) in [5.74, 6) is 4.29. The number of carbonyl (C=O) groups is 3. The van der Waals surface area contributed by atoms with Crippen LogP contribution in [0.1, 0.15) is 47.1 Å². The van der Waals surface area contributed by atoms with Gasteiger partial charge in [0, 0.05) is 5.56 Å². The van der Waals surface area contributed by atoms with E-state index in [2.05, 4.69) is 26.6 Å². The van der Waals surface area contributed by atoms with Gasteiger partial charge in [0.1, 0.15) is 5.60 Å². The van der Waals surface area contributed by atoms with Crippen LogP contribution in [0.5, 0.6) is 0 Å². The highest BCUT2D eigenvalue weighted by Crippen LogP contribution is 2.12. The van der Waals surface area contributed by atoms with Gasteiger partial charge in [-0.15, -0.1) is 0 Å². The third kappa shape index (κ3) is 6.96. The quantitative estimate of drug-likeness (QED) is 0.512. The van der Waals surface area contributed by atoms with Crippen molar-refractivity contribution in [1.29, 1.82) is 0 Å². The molecule has 0 aromatic heterocycles. The molecule has 0 heterocycles. The number of benzene rings is 1. The van der Waals surface area contributed by atoms with Gasteiger partial charge in [-0.25, -0.2) is 14.4 Å². The largest absolute Gasteiger partial charge is 0.465 e. The number of ether oxygens (including phenoxy) is 3. The number of hydrogen-bond acceptors (Lipinski definition) is 6. The van der Waals surface area contributed by atoms with Gasteiger partial charge >= 0.3 is 18.0 Å². The van der Waals surface area contributed by atoms with E-state index in [-0.39, 0.29) is 17.7 Å². The topological polar surface area (TPSA) is 90.9 Å². The van der Waals surface area contributed by atoms with Gasteiger partial charge in [-0.1, -0.05) is 11.8 Å². The molecule has 0 bridgehead atoms. The second-order valence-corrected chi connectivity index (χ2v) is 5.94. The van der Waals surface area contributed by atoms with E-state index in [9.17, 15) is 14.4 Å². The Morgan fingerprint density at radius 3 is 1.96 bits per heavy atom. The first-order chi connectivity index (χ1) is 11.7. The Hall–Kier alpha value is -3.01. The molecule has 25 heavy (non-hydrogen) atoms. The van der Waals surface area contributed by atoms with E-state index in [0.717, 1.165) is 0 Å². The summed E-state index contributed by atoms with van der Waals surface area (Å²) in [6.07, 6.45) is -0.583. The van der Waals surface area contributed by atoms with Gasteiger partial charge in [-0.05, 0) is 39.0 Å². The second-order valence-electron chi connectivity index (χ2n) is 5.94. The maximum Gasteiger partial charge on any atom is 0.408 e. The summed E-state index contributed by atoms with van der Waals surface area (Å²) in [6, 6.07) is 4.33.